The summed E-state index contributed by atoms with van der Waals surface area (Å²) in [6, 6.07) is 0. The Balaban J connectivity index is -0.000000340. The molecule has 3 heteroatoms. The number of pyridine rings is 1. The smallest absolute Gasteiger partial charge is 0.144 e. The van der Waals surface area contributed by atoms with Gasteiger partial charge in [0.1, 0.15) is 11.6 Å². The van der Waals surface area contributed by atoms with Crippen LogP contribution >= 0.6 is 0 Å². The van der Waals surface area contributed by atoms with E-state index in [0.29, 0.717) is 6.42 Å². The van der Waals surface area contributed by atoms with Crippen molar-refractivity contribution in [1.82, 2.24) is 4.98 Å². The first-order chi connectivity index (χ1) is 13.2. The number of aromatic nitrogens is 1. The minimum absolute atomic E-state index is 0.185. The highest BCUT2D eigenvalue weighted by molar-refractivity contribution is 5.74. The molecule has 166 valence electrons. The van der Waals surface area contributed by atoms with Crippen molar-refractivity contribution < 1.29 is 9.18 Å². The van der Waals surface area contributed by atoms with Crippen LogP contribution in [0.1, 0.15) is 117 Å². The van der Waals surface area contributed by atoms with Crippen LogP contribution in [0.5, 0.6) is 0 Å². The van der Waals surface area contributed by atoms with Gasteiger partial charge in [0.25, 0.3) is 0 Å². The molecule has 0 radical (unpaired) electrons. The van der Waals surface area contributed by atoms with E-state index in [-0.39, 0.29) is 11.6 Å². The fourth-order valence-electron chi connectivity index (χ4n) is 2.41. The average Bonchev–Trinajstić information content (AvgIpc) is 2.70. The van der Waals surface area contributed by atoms with Gasteiger partial charge in [-0.2, -0.15) is 0 Å². The Morgan fingerprint density at radius 3 is 1.75 bits per heavy atom. The summed E-state index contributed by atoms with van der Waals surface area (Å²) in [5.41, 5.74) is 2.69. The summed E-state index contributed by atoms with van der Waals surface area (Å²) in [6.45, 7) is 20.1. The molecule has 0 spiro atoms. The summed E-state index contributed by atoms with van der Waals surface area (Å²) < 4.78 is 13.0. The van der Waals surface area contributed by atoms with E-state index in [2.05, 4.69) is 25.8 Å². The molecule has 0 aliphatic rings. The van der Waals surface area contributed by atoms with Gasteiger partial charge < -0.3 is 4.79 Å². The van der Waals surface area contributed by atoms with Crippen molar-refractivity contribution in [3.8, 4) is 0 Å². The summed E-state index contributed by atoms with van der Waals surface area (Å²) in [5, 5.41) is 0. The summed E-state index contributed by atoms with van der Waals surface area (Å²) in [7, 11) is 0. The number of rotatable bonds is 8. The topological polar surface area (TPSA) is 30.0 Å². The van der Waals surface area contributed by atoms with Crippen molar-refractivity contribution in [2.24, 2.45) is 5.92 Å². The Bertz CT molecular complexity index is 478. The SMILES string of the molecule is CC.CCC(C)=O.CCCCC(C)CCCC.CCc1c(F)cnc(C)c1C. The number of Topliss-reactive ketones (excluding diaryl/α,β-unsaturated/α-hetero) is 1. The quantitative estimate of drug-likeness (QED) is 0.440. The lowest BCUT2D eigenvalue weighted by Crippen LogP contribution is -1.97. The lowest BCUT2D eigenvalue weighted by molar-refractivity contribution is -0.116. The highest BCUT2D eigenvalue weighted by atomic mass is 19.1. The molecular weight excluding hydrogens is 349 g/mol. The summed E-state index contributed by atoms with van der Waals surface area (Å²) in [4.78, 5) is 13.7. The number of aryl methyl sites for hydroxylation is 1. The standard InChI is InChI=1S/C10H22.C9H12FN.C4H8O.C2H6/c1-4-6-8-10(3)9-7-5-2;1-4-8-6(2)7(3)11-5-9(8)10;1-3-4(2)5;1-2/h10H,4-9H2,1-3H3;5H,4H2,1-3H3;3H2,1-2H3;1-2H3. The molecule has 0 unspecified atom stereocenters. The molecule has 0 aliphatic carbocycles. The first-order valence-corrected chi connectivity index (χ1v) is 11.3. The number of nitrogens with zero attached hydrogens (tertiary/aromatic N) is 1. The van der Waals surface area contributed by atoms with Gasteiger partial charge in [-0.25, -0.2) is 4.39 Å². The minimum Gasteiger partial charge on any atom is -0.300 e. The fourth-order valence-corrected chi connectivity index (χ4v) is 2.41. The number of halogens is 1. The van der Waals surface area contributed by atoms with E-state index < -0.39 is 0 Å². The van der Waals surface area contributed by atoms with Crippen LogP contribution < -0.4 is 0 Å². The number of carbonyl (C=O) groups is 1. The van der Waals surface area contributed by atoms with Crippen LogP contribution in [0.4, 0.5) is 4.39 Å². The van der Waals surface area contributed by atoms with Gasteiger partial charge in [-0.05, 0) is 44.2 Å². The van der Waals surface area contributed by atoms with Gasteiger partial charge in [0, 0.05) is 12.1 Å². The van der Waals surface area contributed by atoms with E-state index >= 15 is 0 Å². The number of unbranched alkanes of at least 4 members (excludes halogenated alkanes) is 2. The van der Waals surface area contributed by atoms with E-state index in [0.717, 1.165) is 29.2 Å². The molecule has 0 saturated carbocycles. The van der Waals surface area contributed by atoms with E-state index in [9.17, 15) is 9.18 Å². The van der Waals surface area contributed by atoms with Gasteiger partial charge in [0.05, 0.1) is 6.20 Å². The second kappa shape index (κ2) is 22.0. The molecule has 0 atom stereocenters. The van der Waals surface area contributed by atoms with Crippen molar-refractivity contribution in [3.05, 3.63) is 28.8 Å². The lowest BCUT2D eigenvalue weighted by atomic mass is 9.98. The fraction of sp³-hybridized carbons (Fsp3) is 0.760. The highest BCUT2D eigenvalue weighted by Gasteiger charge is 2.05. The van der Waals surface area contributed by atoms with Crippen molar-refractivity contribution in [3.63, 3.8) is 0 Å². The van der Waals surface area contributed by atoms with Crippen LogP contribution in [0, 0.1) is 25.6 Å². The van der Waals surface area contributed by atoms with Crippen molar-refractivity contribution >= 4 is 5.78 Å². The monoisotopic (exact) mass is 397 g/mol. The molecule has 1 aromatic heterocycles. The van der Waals surface area contributed by atoms with E-state index in [1.165, 1.54) is 44.7 Å². The minimum atomic E-state index is -0.185. The van der Waals surface area contributed by atoms with Crippen LogP contribution in [0.15, 0.2) is 6.20 Å². The predicted octanol–water partition coefficient (Wildman–Crippen LogP) is 8.41. The van der Waals surface area contributed by atoms with Crippen LogP contribution in [-0.4, -0.2) is 10.8 Å². The molecule has 0 saturated heterocycles. The van der Waals surface area contributed by atoms with Crippen LogP contribution in [-0.2, 0) is 11.2 Å². The van der Waals surface area contributed by atoms with E-state index in [4.69, 9.17) is 0 Å². The van der Waals surface area contributed by atoms with Crippen LogP contribution in [0.25, 0.3) is 0 Å². The van der Waals surface area contributed by atoms with Crippen molar-refractivity contribution in [1.29, 1.82) is 0 Å². The maximum Gasteiger partial charge on any atom is 0.144 e. The second-order valence-corrected chi connectivity index (χ2v) is 7.09. The zero-order valence-corrected chi connectivity index (χ0v) is 20.5. The van der Waals surface area contributed by atoms with Gasteiger partial charge in [-0.1, -0.05) is 87.0 Å². The zero-order chi connectivity index (χ0) is 22.5. The van der Waals surface area contributed by atoms with Crippen LogP contribution in [0.2, 0.25) is 0 Å². The Kier molecular flexibility index (Phi) is 24.8. The Hall–Kier alpha value is -1.25. The van der Waals surface area contributed by atoms with Gasteiger partial charge in [-0.3, -0.25) is 4.98 Å². The third-order valence-electron chi connectivity index (χ3n) is 4.61. The zero-order valence-electron chi connectivity index (χ0n) is 20.5. The third-order valence-corrected chi connectivity index (χ3v) is 4.61. The van der Waals surface area contributed by atoms with Gasteiger partial charge in [0.15, 0.2) is 0 Å². The first-order valence-electron chi connectivity index (χ1n) is 11.3. The molecule has 0 aliphatic heterocycles. The van der Waals surface area contributed by atoms with E-state index in [1.54, 1.807) is 6.92 Å². The molecule has 28 heavy (non-hydrogen) atoms. The molecule has 2 nitrogen and oxygen atoms in total. The molecule has 0 aromatic carbocycles. The first kappa shape index (κ1) is 31.4. The van der Waals surface area contributed by atoms with Crippen molar-refractivity contribution in [2.45, 2.75) is 121 Å². The Morgan fingerprint density at radius 2 is 1.46 bits per heavy atom. The largest absolute Gasteiger partial charge is 0.300 e. The Labute approximate surface area is 175 Å². The molecular formula is C25H48FNO. The van der Waals surface area contributed by atoms with Crippen LogP contribution in [0.3, 0.4) is 0 Å². The molecule has 1 rings (SSSR count). The summed E-state index contributed by atoms with van der Waals surface area (Å²) in [6.07, 6.45) is 11.1. The molecule has 1 aromatic rings. The maximum absolute atomic E-state index is 13.0. The number of carbonyl (C=O) groups excluding carboxylic acids is 1. The average molecular weight is 398 g/mol. The summed E-state index contributed by atoms with van der Waals surface area (Å²) >= 11 is 0. The number of ketones is 1. The van der Waals surface area contributed by atoms with Gasteiger partial charge in [0.2, 0.25) is 0 Å². The van der Waals surface area contributed by atoms with Gasteiger partial charge in [-0.15, -0.1) is 0 Å². The molecule has 0 N–H and O–H groups in total. The normalized spacial score (nSPS) is 9.43. The second-order valence-electron chi connectivity index (χ2n) is 7.09. The third kappa shape index (κ3) is 18.1. The highest BCUT2D eigenvalue weighted by Crippen LogP contribution is 2.15. The molecule has 1 heterocycles. The molecule has 0 amide bonds. The predicted molar refractivity (Wildman–Crippen MR) is 124 cm³/mol. The number of hydrogen-bond acceptors (Lipinski definition) is 2. The van der Waals surface area contributed by atoms with E-state index in [1.807, 2.05) is 41.5 Å². The summed E-state index contributed by atoms with van der Waals surface area (Å²) in [5.74, 6) is 1.04. The van der Waals surface area contributed by atoms with Gasteiger partial charge >= 0.3 is 0 Å². The molecule has 0 fully saturated rings. The van der Waals surface area contributed by atoms with Crippen molar-refractivity contribution in [2.75, 3.05) is 0 Å². The lowest BCUT2D eigenvalue weighted by Gasteiger charge is -2.08. The Morgan fingerprint density at radius 1 is 1.04 bits per heavy atom. The molecule has 0 bridgehead atoms. The number of hydrogen-bond donors (Lipinski definition) is 0. The maximum atomic E-state index is 13.0.